The van der Waals surface area contributed by atoms with Crippen molar-refractivity contribution in [3.63, 3.8) is 0 Å². The van der Waals surface area contributed by atoms with Gasteiger partial charge in [0.1, 0.15) is 16.8 Å². The molecule has 0 radical (unpaired) electrons. The second kappa shape index (κ2) is 8.33. The van der Waals surface area contributed by atoms with Gasteiger partial charge in [-0.25, -0.2) is 9.59 Å². The predicted octanol–water partition coefficient (Wildman–Crippen LogP) is 3.48. The van der Waals surface area contributed by atoms with Crippen LogP contribution in [-0.2, 0) is 19.1 Å². The highest BCUT2D eigenvalue weighted by Crippen LogP contribution is 2.37. The summed E-state index contributed by atoms with van der Waals surface area (Å²) in [5.74, 6) is -1.56. The Hall–Kier alpha value is -2.70. The van der Waals surface area contributed by atoms with Gasteiger partial charge in [-0.3, -0.25) is 0 Å². The zero-order chi connectivity index (χ0) is 21.0. The molecule has 0 fully saturated rings. The molecule has 0 spiro atoms. The van der Waals surface area contributed by atoms with E-state index in [1.807, 2.05) is 0 Å². The van der Waals surface area contributed by atoms with E-state index < -0.39 is 23.1 Å². The van der Waals surface area contributed by atoms with Crippen molar-refractivity contribution in [3.8, 4) is 17.2 Å². The Morgan fingerprint density at radius 2 is 1.22 bits per heavy atom. The van der Waals surface area contributed by atoms with Crippen molar-refractivity contribution >= 4 is 18.0 Å². The number of methoxy groups -OCH3 is 2. The Morgan fingerprint density at radius 1 is 0.852 bits per heavy atom. The number of hydrogen-bond acceptors (Lipinski definition) is 7. The smallest absolute Gasteiger partial charge is 0.346 e. The van der Waals surface area contributed by atoms with E-state index in [1.165, 1.54) is 32.4 Å². The third-order valence-corrected chi connectivity index (χ3v) is 3.05. The molecule has 0 saturated heterocycles. The second-order valence-electron chi connectivity index (χ2n) is 7.84. The lowest BCUT2D eigenvalue weighted by atomic mass is 10.1. The first kappa shape index (κ1) is 22.3. The minimum absolute atomic E-state index is 0.133. The number of hydrogen-bond donors (Lipinski definition) is 1. The quantitative estimate of drug-likeness (QED) is 0.362. The van der Waals surface area contributed by atoms with Gasteiger partial charge in [-0.05, 0) is 65.3 Å². The highest BCUT2D eigenvalue weighted by atomic mass is 16.6. The van der Waals surface area contributed by atoms with Gasteiger partial charge in [-0.1, -0.05) is 0 Å². The average molecular weight is 380 g/mol. The monoisotopic (exact) mass is 380 g/mol. The normalized spacial score (nSPS) is 11.4. The molecule has 27 heavy (non-hydrogen) atoms. The van der Waals surface area contributed by atoms with E-state index in [1.54, 1.807) is 41.5 Å². The highest BCUT2D eigenvalue weighted by Gasteiger charge is 2.29. The molecule has 7 heteroatoms. The van der Waals surface area contributed by atoms with Gasteiger partial charge in [0.05, 0.1) is 14.2 Å². The van der Waals surface area contributed by atoms with Crippen LogP contribution in [0.4, 0.5) is 0 Å². The van der Waals surface area contributed by atoms with E-state index in [-0.39, 0.29) is 22.8 Å². The molecule has 1 N–H and O–H groups in total. The van der Waals surface area contributed by atoms with Crippen molar-refractivity contribution in [1.29, 1.82) is 0 Å². The van der Waals surface area contributed by atoms with Crippen LogP contribution in [0.3, 0.4) is 0 Å². The third kappa shape index (κ3) is 6.84. The van der Waals surface area contributed by atoms with Crippen LogP contribution < -0.4 is 9.47 Å². The van der Waals surface area contributed by atoms with Gasteiger partial charge < -0.3 is 24.1 Å². The fraction of sp³-hybridized carbons (Fsp3) is 0.500. The second-order valence-corrected chi connectivity index (χ2v) is 7.84. The molecular formula is C20H28O7. The topological polar surface area (TPSA) is 91.3 Å². The summed E-state index contributed by atoms with van der Waals surface area (Å²) >= 11 is 0. The number of carbonyl (C=O) groups excluding carboxylic acids is 2. The number of phenols is 1. The first-order valence-corrected chi connectivity index (χ1v) is 8.41. The SMILES string of the molecule is COc1cc(C=C(C(=O)OC(C)(C)C)C(=O)OC(C)(C)C)cc(OC)c1O. The molecule has 0 saturated carbocycles. The molecule has 1 aromatic rings. The van der Waals surface area contributed by atoms with Crippen molar-refractivity contribution in [1.82, 2.24) is 0 Å². The molecule has 0 amide bonds. The largest absolute Gasteiger partial charge is 0.502 e. The lowest BCUT2D eigenvalue weighted by Crippen LogP contribution is -2.31. The van der Waals surface area contributed by atoms with Crippen LogP contribution in [0.15, 0.2) is 17.7 Å². The Morgan fingerprint density at radius 3 is 1.52 bits per heavy atom. The first-order chi connectivity index (χ1) is 12.3. The Balaban J connectivity index is 3.45. The summed E-state index contributed by atoms with van der Waals surface area (Å²) in [6.07, 6.45) is 1.31. The predicted molar refractivity (Wildman–Crippen MR) is 101 cm³/mol. The van der Waals surface area contributed by atoms with Crippen LogP contribution in [0.25, 0.3) is 6.08 Å². The average Bonchev–Trinajstić information content (AvgIpc) is 2.50. The minimum Gasteiger partial charge on any atom is -0.502 e. The maximum absolute atomic E-state index is 12.6. The Bertz CT molecular complexity index is 679. The molecule has 0 atom stereocenters. The van der Waals surface area contributed by atoms with Crippen molar-refractivity contribution < 1.29 is 33.6 Å². The molecule has 0 aliphatic heterocycles. The van der Waals surface area contributed by atoms with Gasteiger partial charge in [0.15, 0.2) is 11.5 Å². The molecule has 150 valence electrons. The number of esters is 2. The standard InChI is InChI=1S/C20H28O7/c1-19(2,3)26-17(22)13(18(23)27-20(4,5)6)9-12-10-14(24-7)16(21)15(11-12)25-8/h9-11,21H,1-8H3. The van der Waals surface area contributed by atoms with Gasteiger partial charge in [-0.15, -0.1) is 0 Å². The van der Waals surface area contributed by atoms with Crippen LogP contribution in [-0.4, -0.2) is 42.5 Å². The molecule has 1 aromatic carbocycles. The van der Waals surface area contributed by atoms with E-state index in [4.69, 9.17) is 18.9 Å². The van der Waals surface area contributed by atoms with Crippen molar-refractivity contribution in [2.75, 3.05) is 14.2 Å². The third-order valence-electron chi connectivity index (χ3n) is 3.05. The van der Waals surface area contributed by atoms with E-state index in [0.29, 0.717) is 5.56 Å². The van der Waals surface area contributed by atoms with Gasteiger partial charge in [0.2, 0.25) is 5.75 Å². The van der Waals surface area contributed by atoms with Crippen LogP contribution in [0.2, 0.25) is 0 Å². The molecule has 0 aliphatic carbocycles. The number of rotatable bonds is 5. The number of ether oxygens (including phenoxy) is 4. The summed E-state index contributed by atoms with van der Waals surface area (Å²) < 4.78 is 20.8. The van der Waals surface area contributed by atoms with Crippen molar-refractivity contribution in [3.05, 3.63) is 23.3 Å². The maximum Gasteiger partial charge on any atom is 0.346 e. The molecular weight excluding hydrogens is 352 g/mol. The van der Waals surface area contributed by atoms with E-state index >= 15 is 0 Å². The number of phenolic OH excluding ortho intramolecular Hbond substituents is 1. The molecule has 0 aliphatic rings. The fourth-order valence-corrected chi connectivity index (χ4v) is 2.03. The molecule has 1 rings (SSSR count). The summed E-state index contributed by atoms with van der Waals surface area (Å²) in [5.41, 5.74) is -1.46. The maximum atomic E-state index is 12.6. The van der Waals surface area contributed by atoms with Crippen LogP contribution >= 0.6 is 0 Å². The van der Waals surface area contributed by atoms with Crippen molar-refractivity contribution in [2.24, 2.45) is 0 Å². The molecule has 7 nitrogen and oxygen atoms in total. The molecule has 0 bridgehead atoms. The fourth-order valence-electron chi connectivity index (χ4n) is 2.03. The number of aromatic hydroxyl groups is 1. The minimum atomic E-state index is -0.817. The van der Waals surface area contributed by atoms with Gasteiger partial charge in [0, 0.05) is 0 Å². The van der Waals surface area contributed by atoms with Crippen molar-refractivity contribution in [2.45, 2.75) is 52.7 Å². The molecule has 0 unspecified atom stereocenters. The first-order valence-electron chi connectivity index (χ1n) is 8.41. The van der Waals surface area contributed by atoms with Crippen LogP contribution in [0.1, 0.15) is 47.1 Å². The summed E-state index contributed by atoms with van der Waals surface area (Å²) in [6.45, 7) is 10.2. The van der Waals surface area contributed by atoms with Gasteiger partial charge in [0.25, 0.3) is 0 Å². The molecule has 0 heterocycles. The zero-order valence-electron chi connectivity index (χ0n) is 17.1. The Kier molecular flexibility index (Phi) is 6.89. The van der Waals surface area contributed by atoms with E-state index in [9.17, 15) is 14.7 Å². The molecule has 0 aromatic heterocycles. The van der Waals surface area contributed by atoms with E-state index in [0.717, 1.165) is 0 Å². The van der Waals surface area contributed by atoms with Crippen LogP contribution in [0, 0.1) is 0 Å². The van der Waals surface area contributed by atoms with Gasteiger partial charge >= 0.3 is 11.9 Å². The Labute approximate surface area is 159 Å². The summed E-state index contributed by atoms with van der Waals surface area (Å²) in [7, 11) is 2.76. The zero-order valence-corrected chi connectivity index (χ0v) is 17.1. The summed E-state index contributed by atoms with van der Waals surface area (Å²) in [5, 5.41) is 10.0. The van der Waals surface area contributed by atoms with Gasteiger partial charge in [-0.2, -0.15) is 0 Å². The lowest BCUT2D eigenvalue weighted by Gasteiger charge is -2.23. The summed E-state index contributed by atoms with van der Waals surface area (Å²) in [4.78, 5) is 25.1. The lowest BCUT2D eigenvalue weighted by molar-refractivity contribution is -0.158. The number of carbonyl (C=O) groups is 2. The van der Waals surface area contributed by atoms with Crippen LogP contribution in [0.5, 0.6) is 17.2 Å². The van der Waals surface area contributed by atoms with E-state index in [2.05, 4.69) is 0 Å². The summed E-state index contributed by atoms with van der Waals surface area (Å²) in [6, 6.07) is 2.93. The highest BCUT2D eigenvalue weighted by molar-refractivity contribution is 6.18. The number of benzene rings is 1.